The smallest absolute Gasteiger partial charge is 0.328 e. The number of hydrogen-bond donors (Lipinski definition) is 1. The van der Waals surface area contributed by atoms with Crippen LogP contribution < -0.4 is 19.5 Å². The highest BCUT2D eigenvalue weighted by Crippen LogP contribution is 2.19. The minimum Gasteiger partial charge on any atom is -0.493 e. The number of esters is 1. The molecule has 0 aliphatic rings. The molecule has 4 aromatic carbocycles. The van der Waals surface area contributed by atoms with E-state index in [1.54, 1.807) is 24.3 Å². The van der Waals surface area contributed by atoms with Crippen LogP contribution in [-0.4, -0.2) is 48.2 Å². The summed E-state index contributed by atoms with van der Waals surface area (Å²) in [5.74, 6) is 0.928. The fourth-order valence-corrected chi connectivity index (χ4v) is 4.60. The second-order valence-electron chi connectivity index (χ2n) is 10.3. The second kappa shape index (κ2) is 15.3. The van der Waals surface area contributed by atoms with Crippen molar-refractivity contribution in [3.8, 4) is 17.4 Å². The number of aromatic nitrogens is 2. The zero-order valence-electron chi connectivity index (χ0n) is 25.3. The molecule has 9 nitrogen and oxygen atoms in total. The molecule has 9 heteroatoms. The number of fused-ring (bicyclic) bond motifs is 1. The van der Waals surface area contributed by atoms with Crippen LogP contribution in [0.4, 0.5) is 0 Å². The van der Waals surface area contributed by atoms with Crippen molar-refractivity contribution in [2.24, 2.45) is 0 Å². The van der Waals surface area contributed by atoms with E-state index in [0.29, 0.717) is 49.2 Å². The van der Waals surface area contributed by atoms with E-state index in [1.165, 1.54) is 7.11 Å². The zero-order valence-corrected chi connectivity index (χ0v) is 25.3. The molecule has 0 unspecified atom stereocenters. The standard InChI is InChI=1S/C36H35N3O6/c1-25-35(39-32-12-7-6-11-31(32)37-25)44-22-8-21-43-29-19-15-28(16-20-29)34(40)38-33(36(41)42-2)23-26-13-17-30(18-14-26)45-24-27-9-4-3-5-10-27/h3-7,9-20,33H,8,21-24H2,1-2H3,(H,38,40)/t33-/m0/s1. The third kappa shape index (κ3) is 8.79. The molecule has 1 atom stereocenters. The van der Waals surface area contributed by atoms with E-state index in [2.05, 4.69) is 15.3 Å². The summed E-state index contributed by atoms with van der Waals surface area (Å²) in [6.45, 7) is 3.18. The molecule has 1 heterocycles. The number of benzene rings is 4. The summed E-state index contributed by atoms with van der Waals surface area (Å²) in [5.41, 5.74) is 4.68. The molecule has 1 N–H and O–H groups in total. The molecule has 1 aromatic heterocycles. The van der Waals surface area contributed by atoms with Crippen LogP contribution in [0.25, 0.3) is 11.0 Å². The molecule has 0 saturated heterocycles. The number of aryl methyl sites for hydroxylation is 1. The number of amides is 1. The van der Waals surface area contributed by atoms with Crippen LogP contribution in [0.15, 0.2) is 103 Å². The lowest BCUT2D eigenvalue weighted by Gasteiger charge is -2.17. The molecule has 0 radical (unpaired) electrons. The summed E-state index contributed by atoms with van der Waals surface area (Å²) in [7, 11) is 1.30. The maximum absolute atomic E-state index is 13.0. The average molecular weight is 606 g/mol. The Bertz CT molecular complexity index is 1710. The molecule has 0 bridgehead atoms. The summed E-state index contributed by atoms with van der Waals surface area (Å²) in [4.78, 5) is 34.6. The van der Waals surface area contributed by atoms with Gasteiger partial charge in [-0.05, 0) is 66.6 Å². The monoisotopic (exact) mass is 605 g/mol. The molecule has 0 aliphatic heterocycles. The molecule has 45 heavy (non-hydrogen) atoms. The van der Waals surface area contributed by atoms with Crippen molar-refractivity contribution in [1.82, 2.24) is 15.3 Å². The SMILES string of the molecule is COC(=O)[C@H](Cc1ccc(OCc2ccccc2)cc1)NC(=O)c1ccc(OCCCOc2nc3ccccc3nc2C)cc1. The molecule has 0 aliphatic carbocycles. The minimum atomic E-state index is -0.856. The Labute approximate surface area is 262 Å². The summed E-state index contributed by atoms with van der Waals surface area (Å²) >= 11 is 0. The molecular weight excluding hydrogens is 570 g/mol. The number of rotatable bonds is 14. The summed E-state index contributed by atoms with van der Waals surface area (Å²) < 4.78 is 22.4. The Morgan fingerprint density at radius 2 is 1.33 bits per heavy atom. The first kappa shape index (κ1) is 31.0. The van der Waals surface area contributed by atoms with Crippen molar-refractivity contribution in [2.45, 2.75) is 32.4 Å². The van der Waals surface area contributed by atoms with Gasteiger partial charge in [0, 0.05) is 18.4 Å². The van der Waals surface area contributed by atoms with Crippen LogP contribution in [0.5, 0.6) is 17.4 Å². The Hall–Kier alpha value is -5.44. The van der Waals surface area contributed by atoms with E-state index < -0.39 is 12.0 Å². The highest BCUT2D eigenvalue weighted by Gasteiger charge is 2.23. The van der Waals surface area contributed by atoms with Crippen molar-refractivity contribution in [3.63, 3.8) is 0 Å². The third-order valence-electron chi connectivity index (χ3n) is 7.02. The van der Waals surface area contributed by atoms with Gasteiger partial charge in [0.2, 0.25) is 5.88 Å². The molecule has 0 fully saturated rings. The maximum Gasteiger partial charge on any atom is 0.328 e. The normalized spacial score (nSPS) is 11.4. The molecule has 5 aromatic rings. The predicted octanol–water partition coefficient (Wildman–Crippen LogP) is 5.88. The van der Waals surface area contributed by atoms with E-state index in [0.717, 1.165) is 27.9 Å². The van der Waals surface area contributed by atoms with Crippen LogP contribution in [0, 0.1) is 6.92 Å². The van der Waals surface area contributed by atoms with Crippen molar-refractivity contribution in [2.75, 3.05) is 20.3 Å². The predicted molar refractivity (Wildman–Crippen MR) is 171 cm³/mol. The van der Waals surface area contributed by atoms with Crippen LogP contribution in [0.2, 0.25) is 0 Å². The van der Waals surface area contributed by atoms with Crippen molar-refractivity contribution in [3.05, 3.63) is 126 Å². The van der Waals surface area contributed by atoms with Gasteiger partial charge >= 0.3 is 5.97 Å². The highest BCUT2D eigenvalue weighted by atomic mass is 16.5. The van der Waals surface area contributed by atoms with Gasteiger partial charge in [-0.25, -0.2) is 14.8 Å². The van der Waals surface area contributed by atoms with E-state index in [4.69, 9.17) is 18.9 Å². The first-order valence-corrected chi connectivity index (χ1v) is 14.7. The third-order valence-corrected chi connectivity index (χ3v) is 7.02. The van der Waals surface area contributed by atoms with Crippen LogP contribution in [0.3, 0.4) is 0 Å². The highest BCUT2D eigenvalue weighted by molar-refractivity contribution is 5.97. The second-order valence-corrected chi connectivity index (χ2v) is 10.3. The van der Waals surface area contributed by atoms with Gasteiger partial charge in [-0.1, -0.05) is 54.6 Å². The minimum absolute atomic E-state index is 0.269. The van der Waals surface area contributed by atoms with E-state index >= 15 is 0 Å². The van der Waals surface area contributed by atoms with Gasteiger partial charge in [-0.3, -0.25) is 4.79 Å². The lowest BCUT2D eigenvalue weighted by molar-refractivity contribution is -0.142. The average Bonchev–Trinajstić information content (AvgIpc) is 3.08. The molecule has 5 rings (SSSR count). The molecule has 0 spiro atoms. The fourth-order valence-electron chi connectivity index (χ4n) is 4.60. The van der Waals surface area contributed by atoms with Gasteiger partial charge in [0.25, 0.3) is 5.91 Å². The van der Waals surface area contributed by atoms with Gasteiger partial charge in [0.15, 0.2) is 0 Å². The van der Waals surface area contributed by atoms with Crippen LogP contribution in [0.1, 0.15) is 33.6 Å². The van der Waals surface area contributed by atoms with Gasteiger partial charge < -0.3 is 24.3 Å². The van der Waals surface area contributed by atoms with Crippen molar-refractivity contribution >= 4 is 22.9 Å². The fraction of sp³-hybridized carbons (Fsp3) is 0.222. The first-order valence-electron chi connectivity index (χ1n) is 14.7. The molecule has 0 saturated carbocycles. The number of methoxy groups -OCH3 is 1. The number of nitrogens with one attached hydrogen (secondary N) is 1. The lowest BCUT2D eigenvalue weighted by Crippen LogP contribution is -2.43. The number of carbonyl (C=O) groups excluding carboxylic acids is 2. The summed E-state index contributed by atoms with van der Waals surface area (Å²) in [6, 6.07) is 30.9. The number of carbonyl (C=O) groups is 2. The quantitative estimate of drug-likeness (QED) is 0.124. The van der Waals surface area contributed by atoms with E-state index in [1.807, 2.05) is 85.8 Å². The Kier molecular flexibility index (Phi) is 10.6. The van der Waals surface area contributed by atoms with E-state index in [-0.39, 0.29) is 12.3 Å². The Morgan fingerprint density at radius 3 is 2.04 bits per heavy atom. The number of nitrogens with zero attached hydrogens (tertiary/aromatic N) is 2. The number of hydrogen-bond acceptors (Lipinski definition) is 8. The molecule has 1 amide bonds. The van der Waals surface area contributed by atoms with Gasteiger partial charge in [-0.2, -0.15) is 0 Å². The molecular formula is C36H35N3O6. The Balaban J connectivity index is 1.08. The summed E-state index contributed by atoms with van der Waals surface area (Å²) in [6.07, 6.45) is 0.905. The van der Waals surface area contributed by atoms with E-state index in [9.17, 15) is 9.59 Å². The van der Waals surface area contributed by atoms with Gasteiger partial charge in [0.1, 0.15) is 29.8 Å². The van der Waals surface area contributed by atoms with Crippen LogP contribution >= 0.6 is 0 Å². The first-order chi connectivity index (χ1) is 22.0. The number of para-hydroxylation sites is 2. The molecule has 230 valence electrons. The number of ether oxygens (including phenoxy) is 4. The van der Waals surface area contributed by atoms with Gasteiger partial charge in [0.05, 0.1) is 31.4 Å². The maximum atomic E-state index is 13.0. The lowest BCUT2D eigenvalue weighted by atomic mass is 10.0. The van der Waals surface area contributed by atoms with Crippen molar-refractivity contribution in [1.29, 1.82) is 0 Å². The van der Waals surface area contributed by atoms with Crippen molar-refractivity contribution < 1.29 is 28.5 Å². The van der Waals surface area contributed by atoms with Gasteiger partial charge in [-0.15, -0.1) is 0 Å². The zero-order chi connectivity index (χ0) is 31.4. The largest absolute Gasteiger partial charge is 0.493 e. The Morgan fingerprint density at radius 1 is 0.711 bits per heavy atom. The van der Waals surface area contributed by atoms with Crippen LogP contribution in [-0.2, 0) is 22.6 Å². The summed E-state index contributed by atoms with van der Waals surface area (Å²) in [5, 5.41) is 2.79. The topological polar surface area (TPSA) is 109 Å².